The molecule has 3 aliphatic rings. The lowest BCUT2D eigenvalue weighted by atomic mass is 9.83. The molecule has 0 radical (unpaired) electrons. The van der Waals surface area contributed by atoms with E-state index in [1.54, 1.807) is 33.5 Å². The average molecular weight is 548 g/mol. The van der Waals surface area contributed by atoms with E-state index in [9.17, 15) is 9.59 Å². The highest BCUT2D eigenvalue weighted by Gasteiger charge is 2.38. The Hall–Kier alpha value is -3.75. The maximum atomic E-state index is 13.9. The van der Waals surface area contributed by atoms with Crippen LogP contribution in [0.3, 0.4) is 0 Å². The van der Waals surface area contributed by atoms with Crippen LogP contribution in [0.15, 0.2) is 53.3 Å². The average Bonchev–Trinajstić information content (AvgIpc) is 3.18. The van der Waals surface area contributed by atoms with E-state index in [2.05, 4.69) is 11.0 Å². The van der Waals surface area contributed by atoms with Crippen molar-refractivity contribution in [1.29, 1.82) is 0 Å². The summed E-state index contributed by atoms with van der Waals surface area (Å²) >= 11 is 6.40. The van der Waals surface area contributed by atoms with E-state index in [-0.39, 0.29) is 17.4 Å². The second kappa shape index (κ2) is 10.1. The molecule has 0 spiro atoms. The molecule has 6 rings (SSSR count). The second-order valence-electron chi connectivity index (χ2n) is 10.3. The van der Waals surface area contributed by atoms with Gasteiger partial charge >= 0.3 is 0 Å². The molecular formula is C30H30ClN3O5. The first-order valence-electron chi connectivity index (χ1n) is 13.0. The lowest BCUT2D eigenvalue weighted by molar-refractivity contribution is -0.113. The van der Waals surface area contributed by atoms with Gasteiger partial charge < -0.3 is 18.8 Å². The van der Waals surface area contributed by atoms with Crippen molar-refractivity contribution in [2.24, 2.45) is 5.92 Å². The Labute approximate surface area is 231 Å². The molecule has 2 bridgehead atoms. The fourth-order valence-corrected chi connectivity index (χ4v) is 6.43. The molecule has 1 amide bonds. The fourth-order valence-electron chi connectivity index (χ4n) is 6.27. The number of rotatable bonds is 6. The number of carbonyl (C=O) groups is 1. The molecule has 0 aliphatic carbocycles. The molecule has 1 aromatic heterocycles. The summed E-state index contributed by atoms with van der Waals surface area (Å²) in [5.41, 5.74) is 4.10. The summed E-state index contributed by atoms with van der Waals surface area (Å²) < 4.78 is 18.4. The van der Waals surface area contributed by atoms with E-state index in [1.807, 2.05) is 45.9 Å². The first-order valence-corrected chi connectivity index (χ1v) is 13.3. The van der Waals surface area contributed by atoms with Crippen LogP contribution in [0.25, 0.3) is 11.6 Å². The number of hydrogen-bond donors (Lipinski definition) is 0. The Morgan fingerprint density at radius 3 is 2.44 bits per heavy atom. The minimum Gasteiger partial charge on any atom is -0.493 e. The second-order valence-corrected chi connectivity index (χ2v) is 10.7. The standard InChI is InChI=1S/C30H30ClN3O5/c1-37-26-11-18(12-27(38-2)29(26)39-3)10-23-22-8-7-21(31)13-25(22)34(30(23)36)17-32-14-19-9-20(16-32)24-5-4-6-28(35)33(24)15-19/h4-8,10-13,19-20H,9,14-17H2,1-3H3/b23-10-/t19-,20-/m0/s1. The number of halogens is 1. The number of anilines is 1. The van der Waals surface area contributed by atoms with E-state index in [0.29, 0.717) is 47.0 Å². The van der Waals surface area contributed by atoms with E-state index in [4.69, 9.17) is 25.8 Å². The summed E-state index contributed by atoms with van der Waals surface area (Å²) in [6.07, 6.45) is 2.91. The van der Waals surface area contributed by atoms with Gasteiger partial charge in [0, 0.05) is 53.5 Å². The number of likely N-dealkylation sites (tertiary alicyclic amines) is 1. The van der Waals surface area contributed by atoms with Crippen LogP contribution in [0.5, 0.6) is 17.2 Å². The maximum absolute atomic E-state index is 13.9. The number of piperidine rings is 1. The lowest BCUT2D eigenvalue weighted by Crippen LogP contribution is -2.50. The third-order valence-corrected chi connectivity index (χ3v) is 8.15. The van der Waals surface area contributed by atoms with Crippen molar-refractivity contribution in [2.75, 3.05) is 46.0 Å². The Bertz CT molecular complexity index is 1520. The zero-order valence-corrected chi connectivity index (χ0v) is 22.9. The Morgan fingerprint density at radius 1 is 0.949 bits per heavy atom. The van der Waals surface area contributed by atoms with E-state index < -0.39 is 0 Å². The molecular weight excluding hydrogens is 518 g/mol. The molecule has 0 N–H and O–H groups in total. The molecule has 9 heteroatoms. The zero-order chi connectivity index (χ0) is 27.3. The molecule has 1 fully saturated rings. The Kier molecular flexibility index (Phi) is 6.61. The molecule has 2 atom stereocenters. The van der Waals surface area contributed by atoms with Crippen molar-refractivity contribution in [1.82, 2.24) is 9.47 Å². The van der Waals surface area contributed by atoms with Crippen LogP contribution >= 0.6 is 11.6 Å². The van der Waals surface area contributed by atoms with Gasteiger partial charge in [0.25, 0.3) is 11.5 Å². The van der Waals surface area contributed by atoms with Crippen LogP contribution in [0.2, 0.25) is 5.02 Å². The highest BCUT2D eigenvalue weighted by molar-refractivity contribution is 6.37. The number of pyridine rings is 1. The van der Waals surface area contributed by atoms with Gasteiger partial charge in [-0.05, 0) is 54.3 Å². The summed E-state index contributed by atoms with van der Waals surface area (Å²) in [4.78, 5) is 30.5. The monoisotopic (exact) mass is 547 g/mol. The topological polar surface area (TPSA) is 73.2 Å². The molecule has 39 heavy (non-hydrogen) atoms. The van der Waals surface area contributed by atoms with E-state index in [1.165, 1.54) is 0 Å². The van der Waals surface area contributed by atoms with Crippen LogP contribution in [0.1, 0.15) is 29.2 Å². The molecule has 0 saturated carbocycles. The van der Waals surface area contributed by atoms with Crippen molar-refractivity contribution in [3.05, 3.63) is 80.7 Å². The largest absolute Gasteiger partial charge is 0.493 e. The third-order valence-electron chi connectivity index (χ3n) is 7.91. The number of benzene rings is 2. The highest BCUT2D eigenvalue weighted by Crippen LogP contribution is 2.43. The first-order chi connectivity index (χ1) is 18.9. The molecule has 0 unspecified atom stereocenters. The van der Waals surface area contributed by atoms with Gasteiger partial charge in [0.2, 0.25) is 5.75 Å². The number of methoxy groups -OCH3 is 3. The lowest BCUT2D eigenvalue weighted by Gasteiger charge is -2.43. The van der Waals surface area contributed by atoms with Gasteiger partial charge in [-0.2, -0.15) is 0 Å². The quantitative estimate of drug-likeness (QED) is 0.423. The predicted molar refractivity (Wildman–Crippen MR) is 151 cm³/mol. The fraction of sp³-hybridized carbons (Fsp3) is 0.333. The molecule has 3 aromatic rings. The minimum atomic E-state index is -0.0895. The van der Waals surface area contributed by atoms with Gasteiger partial charge in [0.15, 0.2) is 11.5 Å². The number of aromatic nitrogens is 1. The summed E-state index contributed by atoms with van der Waals surface area (Å²) in [6, 6.07) is 14.7. The van der Waals surface area contributed by atoms with E-state index in [0.717, 1.165) is 42.0 Å². The normalized spacial score (nSPS) is 21.1. The summed E-state index contributed by atoms with van der Waals surface area (Å²) in [6.45, 7) is 2.77. The van der Waals surface area contributed by atoms with Gasteiger partial charge in [-0.15, -0.1) is 0 Å². The van der Waals surface area contributed by atoms with Crippen LogP contribution in [0.4, 0.5) is 5.69 Å². The number of hydrogen-bond acceptors (Lipinski definition) is 6. The Balaban J connectivity index is 1.33. The van der Waals surface area contributed by atoms with Crippen molar-refractivity contribution < 1.29 is 19.0 Å². The molecule has 202 valence electrons. The van der Waals surface area contributed by atoms with Gasteiger partial charge in [0.1, 0.15) is 0 Å². The minimum absolute atomic E-state index is 0.0653. The van der Waals surface area contributed by atoms with Crippen molar-refractivity contribution in [3.63, 3.8) is 0 Å². The molecule has 2 aromatic carbocycles. The predicted octanol–water partition coefficient (Wildman–Crippen LogP) is 4.49. The van der Waals surface area contributed by atoms with Crippen LogP contribution in [-0.2, 0) is 11.3 Å². The van der Waals surface area contributed by atoms with Crippen LogP contribution in [-0.4, -0.2) is 56.5 Å². The maximum Gasteiger partial charge on any atom is 0.260 e. The number of nitrogens with zero attached hydrogens (tertiary/aromatic N) is 3. The number of amides is 1. The van der Waals surface area contributed by atoms with E-state index >= 15 is 0 Å². The smallest absolute Gasteiger partial charge is 0.260 e. The Morgan fingerprint density at radius 2 is 1.72 bits per heavy atom. The zero-order valence-electron chi connectivity index (χ0n) is 22.1. The van der Waals surface area contributed by atoms with Gasteiger partial charge in [-0.1, -0.05) is 23.7 Å². The molecule has 4 heterocycles. The van der Waals surface area contributed by atoms with Crippen LogP contribution in [0, 0.1) is 5.92 Å². The van der Waals surface area contributed by atoms with Gasteiger partial charge in [-0.3, -0.25) is 19.4 Å². The van der Waals surface area contributed by atoms with Crippen molar-refractivity contribution in [3.8, 4) is 17.2 Å². The summed E-state index contributed by atoms with van der Waals surface area (Å²) in [5, 5.41) is 0.574. The van der Waals surface area contributed by atoms with Crippen molar-refractivity contribution in [2.45, 2.75) is 18.9 Å². The SMILES string of the molecule is COc1cc(/C=C2\C(=O)N(CN3C[C@@H]4C[C@@H](C3)c3cccc(=O)n3C4)c3cc(Cl)ccc32)cc(OC)c1OC. The van der Waals surface area contributed by atoms with Crippen molar-refractivity contribution >= 4 is 34.8 Å². The highest BCUT2D eigenvalue weighted by atomic mass is 35.5. The molecule has 1 saturated heterocycles. The number of ether oxygens (including phenoxy) is 3. The summed E-state index contributed by atoms with van der Waals surface area (Å²) in [7, 11) is 4.69. The third kappa shape index (κ3) is 4.47. The van der Waals surface area contributed by atoms with Gasteiger partial charge in [-0.25, -0.2) is 0 Å². The van der Waals surface area contributed by atoms with Gasteiger partial charge in [0.05, 0.1) is 33.7 Å². The summed E-state index contributed by atoms with van der Waals surface area (Å²) in [5.74, 6) is 2.06. The number of fused-ring (bicyclic) bond motifs is 5. The van der Waals surface area contributed by atoms with Crippen LogP contribution < -0.4 is 24.7 Å². The molecule has 3 aliphatic heterocycles. The number of carbonyl (C=O) groups excluding carboxylic acids is 1. The molecule has 8 nitrogen and oxygen atoms in total. The first kappa shape index (κ1) is 25.5.